The van der Waals surface area contributed by atoms with Crippen LogP contribution in [-0.4, -0.2) is 29.9 Å². The van der Waals surface area contributed by atoms with Crippen LogP contribution in [0, 0.1) is 17.6 Å². The van der Waals surface area contributed by atoms with Gasteiger partial charge in [0.25, 0.3) is 0 Å². The molecule has 1 aliphatic heterocycles. The summed E-state index contributed by atoms with van der Waals surface area (Å²) in [6, 6.07) is 4.10. The molecule has 1 amide bonds. The molecule has 2 fully saturated rings. The van der Waals surface area contributed by atoms with E-state index >= 15 is 0 Å². The minimum atomic E-state index is -0.845. The zero-order valence-corrected chi connectivity index (χ0v) is 11.2. The number of benzene rings is 1. The maximum Gasteiger partial charge on any atom is 0.226 e. The molecule has 0 unspecified atom stereocenters. The van der Waals surface area contributed by atoms with Gasteiger partial charge in [0, 0.05) is 25.0 Å². The molecule has 2 N–H and O–H groups in total. The predicted octanol–water partition coefficient (Wildman–Crippen LogP) is 2.02. The van der Waals surface area contributed by atoms with Gasteiger partial charge in [-0.25, -0.2) is 8.78 Å². The van der Waals surface area contributed by atoms with Gasteiger partial charge in [-0.05, 0) is 42.9 Å². The van der Waals surface area contributed by atoms with Crippen molar-refractivity contribution in [2.45, 2.75) is 31.2 Å². The van der Waals surface area contributed by atoms with Gasteiger partial charge in [0.2, 0.25) is 5.91 Å². The third kappa shape index (κ3) is 2.54. The van der Waals surface area contributed by atoms with Crippen molar-refractivity contribution < 1.29 is 13.6 Å². The van der Waals surface area contributed by atoms with Crippen LogP contribution in [0.15, 0.2) is 18.2 Å². The molecule has 1 saturated carbocycles. The average Bonchev–Trinajstić information content (AvgIpc) is 3.22. The van der Waals surface area contributed by atoms with Crippen molar-refractivity contribution in [3.05, 3.63) is 35.4 Å². The largest absolute Gasteiger partial charge is 0.342 e. The molecule has 0 bridgehead atoms. The van der Waals surface area contributed by atoms with Crippen LogP contribution < -0.4 is 5.73 Å². The second kappa shape index (κ2) is 5.13. The maximum absolute atomic E-state index is 13.2. The average molecular weight is 280 g/mol. The van der Waals surface area contributed by atoms with Crippen molar-refractivity contribution in [3.63, 3.8) is 0 Å². The highest BCUT2D eigenvalue weighted by Crippen LogP contribution is 2.48. The molecule has 1 aliphatic carbocycles. The molecule has 1 heterocycles. The lowest BCUT2D eigenvalue weighted by Gasteiger charge is -2.30. The Labute approximate surface area is 116 Å². The monoisotopic (exact) mass is 280 g/mol. The molecule has 1 aromatic rings. The van der Waals surface area contributed by atoms with E-state index in [0.29, 0.717) is 13.1 Å². The Kier molecular flexibility index (Phi) is 3.46. The van der Waals surface area contributed by atoms with Gasteiger partial charge in [-0.1, -0.05) is 6.07 Å². The third-order valence-corrected chi connectivity index (χ3v) is 4.33. The molecule has 2 aliphatic rings. The second-order valence-corrected chi connectivity index (χ2v) is 5.78. The fourth-order valence-corrected chi connectivity index (χ4v) is 2.93. The fourth-order valence-electron chi connectivity index (χ4n) is 2.93. The van der Waals surface area contributed by atoms with Crippen LogP contribution in [0.1, 0.15) is 30.7 Å². The molecular formula is C15H18F2N2O. The Balaban J connectivity index is 1.63. The summed E-state index contributed by atoms with van der Waals surface area (Å²) in [5.41, 5.74) is 6.54. The first kappa shape index (κ1) is 13.5. The van der Waals surface area contributed by atoms with E-state index in [1.165, 1.54) is 6.07 Å². The number of hydrogen-bond acceptors (Lipinski definition) is 2. The van der Waals surface area contributed by atoms with E-state index in [2.05, 4.69) is 0 Å². The smallest absolute Gasteiger partial charge is 0.226 e. The Morgan fingerprint density at radius 2 is 1.90 bits per heavy atom. The number of carbonyl (C=O) groups is 1. The van der Waals surface area contributed by atoms with E-state index in [9.17, 15) is 13.6 Å². The molecule has 0 aromatic heterocycles. The molecule has 0 spiro atoms. The minimum absolute atomic E-state index is 0.0354. The number of nitrogens with two attached hydrogens (primary N) is 1. The van der Waals surface area contributed by atoms with Gasteiger partial charge in [-0.15, -0.1) is 0 Å². The normalized spacial score (nSPS) is 26.6. The van der Waals surface area contributed by atoms with Gasteiger partial charge < -0.3 is 10.6 Å². The molecule has 108 valence electrons. The van der Waals surface area contributed by atoms with E-state index in [1.54, 1.807) is 6.07 Å². The van der Waals surface area contributed by atoms with Gasteiger partial charge in [0.1, 0.15) is 0 Å². The van der Waals surface area contributed by atoms with E-state index < -0.39 is 11.6 Å². The standard InChI is InChI=1S/C15H18F2N2O/c16-13-2-1-9(7-14(13)17)11-8-12(11)15(20)19-5-3-10(18)4-6-19/h1-2,7,10-12H,3-6,8,18H2/t11-,12+/m1/s1. The lowest BCUT2D eigenvalue weighted by Crippen LogP contribution is -2.43. The summed E-state index contributed by atoms with van der Waals surface area (Å²) in [4.78, 5) is 14.2. The van der Waals surface area contributed by atoms with Crippen LogP contribution >= 0.6 is 0 Å². The Hall–Kier alpha value is -1.49. The lowest BCUT2D eigenvalue weighted by atomic mass is 10.0. The quantitative estimate of drug-likeness (QED) is 0.901. The first-order chi connectivity index (χ1) is 9.56. The van der Waals surface area contributed by atoms with Crippen LogP contribution in [0.2, 0.25) is 0 Å². The SMILES string of the molecule is NC1CCN(C(=O)[C@H]2C[C@@H]2c2ccc(F)c(F)c2)CC1. The van der Waals surface area contributed by atoms with Crippen molar-refractivity contribution in [2.24, 2.45) is 11.7 Å². The maximum atomic E-state index is 13.2. The molecular weight excluding hydrogens is 262 g/mol. The summed E-state index contributed by atoms with van der Waals surface area (Å²) in [7, 11) is 0. The number of hydrogen-bond donors (Lipinski definition) is 1. The van der Waals surface area contributed by atoms with Gasteiger partial charge in [0.15, 0.2) is 11.6 Å². The fraction of sp³-hybridized carbons (Fsp3) is 0.533. The van der Waals surface area contributed by atoms with E-state index in [4.69, 9.17) is 5.73 Å². The Morgan fingerprint density at radius 1 is 1.20 bits per heavy atom. The number of halogens is 2. The summed E-state index contributed by atoms with van der Waals surface area (Å²) in [6.45, 7) is 1.42. The zero-order valence-electron chi connectivity index (χ0n) is 11.2. The zero-order chi connectivity index (χ0) is 14.3. The number of nitrogens with zero attached hydrogens (tertiary/aromatic N) is 1. The van der Waals surface area contributed by atoms with Gasteiger partial charge in [-0.3, -0.25) is 4.79 Å². The van der Waals surface area contributed by atoms with Gasteiger partial charge in [-0.2, -0.15) is 0 Å². The number of rotatable bonds is 2. The first-order valence-electron chi connectivity index (χ1n) is 7.05. The summed E-state index contributed by atoms with van der Waals surface area (Å²) in [6.07, 6.45) is 2.41. The van der Waals surface area contributed by atoms with Crippen molar-refractivity contribution >= 4 is 5.91 Å². The lowest BCUT2D eigenvalue weighted by molar-refractivity contribution is -0.133. The summed E-state index contributed by atoms with van der Waals surface area (Å²) >= 11 is 0. The number of carbonyl (C=O) groups excluding carboxylic acids is 1. The predicted molar refractivity (Wildman–Crippen MR) is 71.0 cm³/mol. The van der Waals surface area contributed by atoms with Crippen molar-refractivity contribution in [1.29, 1.82) is 0 Å². The molecule has 3 rings (SSSR count). The second-order valence-electron chi connectivity index (χ2n) is 5.78. The van der Waals surface area contributed by atoms with Crippen molar-refractivity contribution in [1.82, 2.24) is 4.90 Å². The molecule has 2 atom stereocenters. The highest BCUT2D eigenvalue weighted by Gasteiger charge is 2.46. The summed E-state index contributed by atoms with van der Waals surface area (Å²) < 4.78 is 26.1. The number of piperidine rings is 1. The Morgan fingerprint density at radius 3 is 2.55 bits per heavy atom. The van der Waals surface area contributed by atoms with Crippen molar-refractivity contribution in [2.75, 3.05) is 13.1 Å². The molecule has 1 saturated heterocycles. The highest BCUT2D eigenvalue weighted by molar-refractivity contribution is 5.83. The molecule has 0 radical (unpaired) electrons. The Bertz CT molecular complexity index is 527. The van der Waals surface area contributed by atoms with Gasteiger partial charge >= 0.3 is 0 Å². The minimum Gasteiger partial charge on any atom is -0.342 e. The number of likely N-dealkylation sites (tertiary alicyclic amines) is 1. The molecule has 1 aromatic carbocycles. The van der Waals surface area contributed by atoms with E-state index in [1.807, 2.05) is 4.90 Å². The van der Waals surface area contributed by atoms with Crippen LogP contribution in [0.5, 0.6) is 0 Å². The molecule has 5 heteroatoms. The van der Waals surface area contributed by atoms with Crippen molar-refractivity contribution in [3.8, 4) is 0 Å². The van der Waals surface area contributed by atoms with Crippen LogP contribution in [0.3, 0.4) is 0 Å². The van der Waals surface area contributed by atoms with Gasteiger partial charge in [0.05, 0.1) is 0 Å². The summed E-state index contributed by atoms with van der Waals surface area (Å²) in [5, 5.41) is 0. The van der Waals surface area contributed by atoms with Crippen LogP contribution in [0.4, 0.5) is 8.78 Å². The van der Waals surface area contributed by atoms with Crippen LogP contribution in [-0.2, 0) is 4.79 Å². The van der Waals surface area contributed by atoms with Crippen LogP contribution in [0.25, 0.3) is 0 Å². The first-order valence-corrected chi connectivity index (χ1v) is 7.05. The van der Waals surface area contributed by atoms with E-state index in [0.717, 1.165) is 30.9 Å². The van der Waals surface area contributed by atoms with E-state index in [-0.39, 0.29) is 23.8 Å². The summed E-state index contributed by atoms with van der Waals surface area (Å²) in [5.74, 6) is -1.60. The third-order valence-electron chi connectivity index (χ3n) is 4.33. The molecule has 20 heavy (non-hydrogen) atoms. The highest BCUT2D eigenvalue weighted by atomic mass is 19.2. The molecule has 3 nitrogen and oxygen atoms in total. The topological polar surface area (TPSA) is 46.3 Å². The number of amides is 1.